The molecule has 0 aliphatic heterocycles. The van der Waals surface area contributed by atoms with E-state index in [2.05, 4.69) is 80.1 Å². The molecule has 0 radical (unpaired) electrons. The molecule has 2 rings (SSSR count). The summed E-state index contributed by atoms with van der Waals surface area (Å²) >= 11 is 7.13. The van der Waals surface area contributed by atoms with Gasteiger partial charge in [0.2, 0.25) is 0 Å². The second-order valence-corrected chi connectivity index (χ2v) is 6.69. The summed E-state index contributed by atoms with van der Waals surface area (Å²) in [6.07, 6.45) is 0.949. The van der Waals surface area contributed by atoms with Gasteiger partial charge in [0.05, 0.1) is 15.9 Å². The van der Waals surface area contributed by atoms with Crippen molar-refractivity contribution in [1.82, 2.24) is 14.7 Å². The smallest absolute Gasteiger partial charge is 0.0767 e. The fraction of sp³-hybridized carbons (Fsp3) is 0.400. The highest BCUT2D eigenvalue weighted by Crippen LogP contribution is 2.23. The Morgan fingerprint density at radius 1 is 1.15 bits per heavy atom. The maximum Gasteiger partial charge on any atom is 0.0767 e. The van der Waals surface area contributed by atoms with Crippen LogP contribution in [-0.2, 0) is 26.6 Å². The Balaban J connectivity index is 2.06. The maximum atomic E-state index is 4.54. The van der Waals surface area contributed by atoms with Crippen molar-refractivity contribution in [3.05, 3.63) is 50.2 Å². The van der Waals surface area contributed by atoms with Crippen molar-refractivity contribution in [2.75, 3.05) is 7.05 Å². The molecule has 20 heavy (non-hydrogen) atoms. The maximum absolute atomic E-state index is 4.54. The molecule has 5 heteroatoms. The largest absolute Gasteiger partial charge is 0.296 e. The van der Waals surface area contributed by atoms with E-state index in [-0.39, 0.29) is 0 Å². The quantitative estimate of drug-likeness (QED) is 0.751. The van der Waals surface area contributed by atoms with Crippen molar-refractivity contribution in [2.45, 2.75) is 26.4 Å². The van der Waals surface area contributed by atoms with Gasteiger partial charge in [-0.2, -0.15) is 5.10 Å². The number of benzene rings is 1. The standard InChI is InChI=1S/C15H19Br2N3/c1-4-13-15(17)14(20(3)18-13)10-19(2)9-11-5-7-12(16)8-6-11/h5-8H,4,9-10H2,1-3H3. The summed E-state index contributed by atoms with van der Waals surface area (Å²) in [7, 11) is 4.14. The van der Waals surface area contributed by atoms with Gasteiger partial charge in [0, 0.05) is 24.6 Å². The molecule has 0 aliphatic rings. The van der Waals surface area contributed by atoms with Crippen LogP contribution in [0.5, 0.6) is 0 Å². The highest BCUT2D eigenvalue weighted by molar-refractivity contribution is 9.10. The number of hydrogen-bond acceptors (Lipinski definition) is 2. The van der Waals surface area contributed by atoms with Gasteiger partial charge in [-0.25, -0.2) is 0 Å². The summed E-state index contributed by atoms with van der Waals surface area (Å²) in [4.78, 5) is 2.30. The van der Waals surface area contributed by atoms with Gasteiger partial charge in [-0.1, -0.05) is 35.0 Å². The van der Waals surface area contributed by atoms with E-state index in [4.69, 9.17) is 0 Å². The van der Waals surface area contributed by atoms with Crippen molar-refractivity contribution < 1.29 is 0 Å². The van der Waals surface area contributed by atoms with Crippen LogP contribution < -0.4 is 0 Å². The molecular formula is C15H19Br2N3. The second-order valence-electron chi connectivity index (χ2n) is 4.98. The van der Waals surface area contributed by atoms with E-state index < -0.39 is 0 Å². The Morgan fingerprint density at radius 2 is 1.80 bits per heavy atom. The molecule has 1 aromatic heterocycles. The van der Waals surface area contributed by atoms with Gasteiger partial charge in [0.25, 0.3) is 0 Å². The molecule has 0 bridgehead atoms. The van der Waals surface area contributed by atoms with E-state index in [0.29, 0.717) is 0 Å². The Kier molecular flexibility index (Phi) is 5.41. The van der Waals surface area contributed by atoms with Crippen LogP contribution in [0.2, 0.25) is 0 Å². The molecule has 0 amide bonds. The van der Waals surface area contributed by atoms with Crippen molar-refractivity contribution >= 4 is 31.9 Å². The molecule has 0 saturated heterocycles. The Labute approximate surface area is 137 Å². The van der Waals surface area contributed by atoms with Crippen LogP contribution in [-0.4, -0.2) is 21.7 Å². The first-order chi connectivity index (χ1) is 9.51. The molecule has 0 fully saturated rings. The van der Waals surface area contributed by atoms with Crippen molar-refractivity contribution in [3.8, 4) is 0 Å². The van der Waals surface area contributed by atoms with E-state index in [9.17, 15) is 0 Å². The summed E-state index contributed by atoms with van der Waals surface area (Å²) in [5.74, 6) is 0. The lowest BCUT2D eigenvalue weighted by atomic mass is 10.2. The first-order valence-electron chi connectivity index (χ1n) is 6.64. The fourth-order valence-electron chi connectivity index (χ4n) is 2.20. The van der Waals surface area contributed by atoms with Gasteiger partial charge >= 0.3 is 0 Å². The lowest BCUT2D eigenvalue weighted by Crippen LogP contribution is -2.19. The van der Waals surface area contributed by atoms with E-state index in [1.54, 1.807) is 0 Å². The minimum atomic E-state index is 0.875. The molecule has 0 N–H and O–H groups in total. The first-order valence-corrected chi connectivity index (χ1v) is 8.23. The van der Waals surface area contributed by atoms with Gasteiger partial charge in [0.1, 0.15) is 0 Å². The average Bonchev–Trinajstić information content (AvgIpc) is 2.69. The van der Waals surface area contributed by atoms with Crippen LogP contribution in [0.4, 0.5) is 0 Å². The first kappa shape index (κ1) is 15.7. The van der Waals surface area contributed by atoms with Crippen molar-refractivity contribution in [1.29, 1.82) is 0 Å². The Bertz CT molecular complexity index is 576. The third kappa shape index (κ3) is 3.71. The molecule has 0 saturated carbocycles. The molecule has 0 unspecified atom stereocenters. The monoisotopic (exact) mass is 399 g/mol. The second kappa shape index (κ2) is 6.87. The van der Waals surface area contributed by atoms with Crippen LogP contribution in [0.3, 0.4) is 0 Å². The fourth-order valence-corrected chi connectivity index (χ4v) is 3.21. The van der Waals surface area contributed by atoms with Gasteiger partial charge in [-0.05, 0) is 47.1 Å². The van der Waals surface area contributed by atoms with Crippen LogP contribution in [0.15, 0.2) is 33.2 Å². The zero-order valence-electron chi connectivity index (χ0n) is 12.0. The van der Waals surface area contributed by atoms with E-state index in [1.807, 2.05) is 11.7 Å². The Morgan fingerprint density at radius 3 is 2.35 bits per heavy atom. The third-order valence-corrected chi connectivity index (χ3v) is 4.73. The summed E-state index contributed by atoms with van der Waals surface area (Å²) in [5.41, 5.74) is 3.66. The number of rotatable bonds is 5. The normalized spacial score (nSPS) is 11.3. The topological polar surface area (TPSA) is 21.1 Å². The van der Waals surface area contributed by atoms with Crippen LogP contribution in [0.25, 0.3) is 0 Å². The van der Waals surface area contributed by atoms with Gasteiger partial charge in [-0.15, -0.1) is 0 Å². The predicted octanol–water partition coefficient (Wildman–Crippen LogP) is 4.14. The highest BCUT2D eigenvalue weighted by Gasteiger charge is 2.14. The number of hydrogen-bond donors (Lipinski definition) is 0. The molecule has 3 nitrogen and oxygen atoms in total. The number of halogens is 2. The molecule has 0 aliphatic carbocycles. The molecule has 0 spiro atoms. The van der Waals surface area contributed by atoms with E-state index in [0.717, 1.165) is 34.1 Å². The highest BCUT2D eigenvalue weighted by atomic mass is 79.9. The third-order valence-electron chi connectivity index (χ3n) is 3.29. The zero-order chi connectivity index (χ0) is 14.7. The van der Waals surface area contributed by atoms with E-state index in [1.165, 1.54) is 11.3 Å². The van der Waals surface area contributed by atoms with Gasteiger partial charge in [-0.3, -0.25) is 9.58 Å². The average molecular weight is 401 g/mol. The van der Waals surface area contributed by atoms with Crippen LogP contribution in [0, 0.1) is 0 Å². The zero-order valence-corrected chi connectivity index (χ0v) is 15.2. The van der Waals surface area contributed by atoms with Gasteiger partial charge in [0.15, 0.2) is 0 Å². The summed E-state index contributed by atoms with van der Waals surface area (Å²) in [5, 5.41) is 4.54. The predicted molar refractivity (Wildman–Crippen MR) is 89.6 cm³/mol. The van der Waals surface area contributed by atoms with Crippen LogP contribution in [0.1, 0.15) is 23.9 Å². The number of nitrogens with zero attached hydrogens (tertiary/aromatic N) is 3. The summed E-state index contributed by atoms with van der Waals surface area (Å²) in [6.45, 7) is 3.93. The van der Waals surface area contributed by atoms with Gasteiger partial charge < -0.3 is 0 Å². The molecule has 1 aromatic carbocycles. The SMILES string of the molecule is CCc1nn(C)c(CN(C)Cc2ccc(Br)cc2)c1Br. The molecule has 2 aromatic rings. The lowest BCUT2D eigenvalue weighted by molar-refractivity contribution is 0.309. The van der Waals surface area contributed by atoms with Crippen LogP contribution >= 0.6 is 31.9 Å². The van der Waals surface area contributed by atoms with Crippen molar-refractivity contribution in [2.24, 2.45) is 7.05 Å². The number of aromatic nitrogens is 2. The van der Waals surface area contributed by atoms with Crippen molar-refractivity contribution in [3.63, 3.8) is 0 Å². The summed E-state index contributed by atoms with van der Waals surface area (Å²) < 4.78 is 4.23. The number of aryl methyl sites for hydroxylation is 2. The summed E-state index contributed by atoms with van der Waals surface area (Å²) in [6, 6.07) is 8.46. The molecule has 0 atom stereocenters. The van der Waals surface area contributed by atoms with E-state index >= 15 is 0 Å². The Hall–Kier alpha value is -0.650. The minimum absolute atomic E-state index is 0.875. The molecule has 1 heterocycles. The lowest BCUT2D eigenvalue weighted by Gasteiger charge is -2.17. The molecular weight excluding hydrogens is 382 g/mol. The minimum Gasteiger partial charge on any atom is -0.296 e. The molecule has 108 valence electrons.